The van der Waals surface area contributed by atoms with Gasteiger partial charge < -0.3 is 24.6 Å². The lowest BCUT2D eigenvalue weighted by molar-refractivity contribution is 0.0175. The van der Waals surface area contributed by atoms with Crippen LogP contribution in [0.2, 0.25) is 0 Å². The third-order valence-electron chi connectivity index (χ3n) is 5.50. The number of ether oxygens (including phenoxy) is 1. The van der Waals surface area contributed by atoms with Crippen molar-refractivity contribution in [1.82, 2.24) is 29.7 Å². The predicted molar refractivity (Wildman–Crippen MR) is 112 cm³/mol. The van der Waals surface area contributed by atoms with E-state index >= 15 is 0 Å². The number of rotatable bonds is 5. The van der Waals surface area contributed by atoms with Crippen molar-refractivity contribution >= 4 is 17.4 Å². The molecule has 0 saturated heterocycles. The molecule has 0 aromatic carbocycles. The minimum Gasteiger partial charge on any atom is -0.443 e. The van der Waals surface area contributed by atoms with E-state index in [1.807, 2.05) is 29.7 Å². The van der Waals surface area contributed by atoms with Crippen LogP contribution >= 0.6 is 0 Å². The molecule has 0 bridgehead atoms. The molecule has 1 aliphatic rings. The van der Waals surface area contributed by atoms with Crippen molar-refractivity contribution in [3.8, 4) is 22.8 Å². The molecule has 4 heterocycles. The smallest absolute Gasteiger partial charge is 0.273 e. The Morgan fingerprint density at radius 3 is 2.84 bits per heavy atom. The molecule has 5 rings (SSSR count). The third kappa shape index (κ3) is 3.40. The molecule has 31 heavy (non-hydrogen) atoms. The van der Waals surface area contributed by atoms with Gasteiger partial charge in [-0.05, 0) is 31.9 Å². The first-order valence-electron chi connectivity index (χ1n) is 9.88. The minimum absolute atomic E-state index is 0.0111. The largest absolute Gasteiger partial charge is 0.443 e. The standard InChI is InChI=1S/C21H21N7O3/c1-11-9-24-15-4-3-12(10-28(11)15)16-17(21-23-5-6-31-21)27-19(22)18(26-16)20(29)25-13-7-14(8-13)30-2/h3-6,9-10,13-14H,7-8H2,1-2H3,(H2,22,27)(H,25,29)/t13-,14+. The topological polar surface area (TPSA) is 133 Å². The highest BCUT2D eigenvalue weighted by molar-refractivity contribution is 5.98. The zero-order valence-electron chi connectivity index (χ0n) is 17.1. The van der Waals surface area contributed by atoms with E-state index in [2.05, 4.69) is 25.3 Å². The zero-order chi connectivity index (χ0) is 21.5. The van der Waals surface area contributed by atoms with Gasteiger partial charge in [0, 0.05) is 36.8 Å². The van der Waals surface area contributed by atoms with Gasteiger partial charge in [0.05, 0.1) is 12.3 Å². The van der Waals surface area contributed by atoms with E-state index in [1.54, 1.807) is 13.3 Å². The lowest BCUT2D eigenvalue weighted by Crippen LogP contribution is -2.47. The monoisotopic (exact) mass is 419 g/mol. The zero-order valence-corrected chi connectivity index (χ0v) is 17.1. The number of aromatic nitrogens is 5. The average molecular weight is 419 g/mol. The summed E-state index contributed by atoms with van der Waals surface area (Å²) in [4.78, 5) is 30.5. The maximum Gasteiger partial charge on any atom is 0.273 e. The molecular formula is C21H21N7O3. The number of amides is 1. The number of imidazole rings is 1. The second-order valence-corrected chi connectivity index (χ2v) is 7.54. The number of hydrogen-bond acceptors (Lipinski definition) is 8. The van der Waals surface area contributed by atoms with Gasteiger partial charge in [-0.15, -0.1) is 0 Å². The SMILES string of the molecule is CO[C@H]1C[C@@H](NC(=O)c2nc(-c3ccc4ncc(C)n4c3)c(-c3ncco3)nc2N)C1. The van der Waals surface area contributed by atoms with Crippen LogP contribution in [0.5, 0.6) is 0 Å². The van der Waals surface area contributed by atoms with Crippen LogP contribution in [0.4, 0.5) is 5.82 Å². The van der Waals surface area contributed by atoms with Gasteiger partial charge in [0.15, 0.2) is 17.2 Å². The summed E-state index contributed by atoms with van der Waals surface area (Å²) in [5, 5.41) is 2.95. The number of aryl methyl sites for hydroxylation is 1. The van der Waals surface area contributed by atoms with Gasteiger partial charge in [0.1, 0.15) is 17.6 Å². The number of pyridine rings is 1. The predicted octanol–water partition coefficient (Wildman–Crippen LogP) is 2.24. The molecule has 3 N–H and O–H groups in total. The first kappa shape index (κ1) is 19.2. The van der Waals surface area contributed by atoms with Crippen LogP contribution in [0.1, 0.15) is 29.0 Å². The highest BCUT2D eigenvalue weighted by Crippen LogP contribution is 2.31. The van der Waals surface area contributed by atoms with Crippen molar-refractivity contribution in [2.45, 2.75) is 31.9 Å². The molecule has 10 heteroatoms. The summed E-state index contributed by atoms with van der Waals surface area (Å²) in [5.74, 6) is -0.0906. The fourth-order valence-corrected chi connectivity index (χ4v) is 3.68. The molecule has 1 aliphatic carbocycles. The molecule has 4 aromatic heterocycles. The fourth-order valence-electron chi connectivity index (χ4n) is 3.68. The number of nitrogens with zero attached hydrogens (tertiary/aromatic N) is 5. The summed E-state index contributed by atoms with van der Waals surface area (Å²) >= 11 is 0. The summed E-state index contributed by atoms with van der Waals surface area (Å²) < 4.78 is 12.7. The van der Waals surface area contributed by atoms with Crippen molar-refractivity contribution < 1.29 is 13.9 Å². The van der Waals surface area contributed by atoms with E-state index in [9.17, 15) is 4.79 Å². The van der Waals surface area contributed by atoms with Gasteiger partial charge >= 0.3 is 0 Å². The summed E-state index contributed by atoms with van der Waals surface area (Å²) in [5.41, 5.74) is 9.49. The van der Waals surface area contributed by atoms with Crippen LogP contribution in [0, 0.1) is 6.92 Å². The van der Waals surface area contributed by atoms with Crippen LogP contribution in [0.25, 0.3) is 28.5 Å². The molecule has 1 fully saturated rings. The Labute approximate surface area is 177 Å². The molecule has 10 nitrogen and oxygen atoms in total. The maximum atomic E-state index is 12.9. The van der Waals surface area contributed by atoms with E-state index in [-0.39, 0.29) is 35.5 Å². The summed E-state index contributed by atoms with van der Waals surface area (Å²) in [6.45, 7) is 1.96. The number of nitrogens with one attached hydrogen (secondary N) is 1. The lowest BCUT2D eigenvalue weighted by Gasteiger charge is -2.34. The quantitative estimate of drug-likeness (QED) is 0.503. The van der Waals surface area contributed by atoms with Gasteiger partial charge in [0.2, 0.25) is 5.89 Å². The molecule has 1 saturated carbocycles. The Bertz CT molecular complexity index is 1260. The average Bonchev–Trinajstić information content (AvgIpc) is 3.40. The van der Waals surface area contributed by atoms with E-state index in [0.29, 0.717) is 11.4 Å². The van der Waals surface area contributed by atoms with Gasteiger partial charge in [-0.2, -0.15) is 0 Å². The van der Waals surface area contributed by atoms with Crippen molar-refractivity contribution in [3.63, 3.8) is 0 Å². The van der Waals surface area contributed by atoms with E-state index in [1.165, 1.54) is 12.5 Å². The molecule has 0 spiro atoms. The molecule has 4 aromatic rings. The normalized spacial score (nSPS) is 18.1. The van der Waals surface area contributed by atoms with Gasteiger partial charge in [0.25, 0.3) is 5.91 Å². The highest BCUT2D eigenvalue weighted by atomic mass is 16.5. The summed E-state index contributed by atoms with van der Waals surface area (Å²) in [7, 11) is 1.67. The van der Waals surface area contributed by atoms with E-state index < -0.39 is 0 Å². The van der Waals surface area contributed by atoms with Crippen LogP contribution in [-0.4, -0.2) is 49.5 Å². The first-order chi connectivity index (χ1) is 15.0. The molecule has 0 unspecified atom stereocenters. The number of carbonyl (C=O) groups excluding carboxylic acids is 1. The van der Waals surface area contributed by atoms with E-state index in [0.717, 1.165) is 29.7 Å². The second-order valence-electron chi connectivity index (χ2n) is 7.54. The molecule has 1 amide bonds. The van der Waals surface area contributed by atoms with Crippen molar-refractivity contribution in [3.05, 3.63) is 48.4 Å². The van der Waals surface area contributed by atoms with Crippen molar-refractivity contribution in [2.24, 2.45) is 0 Å². The number of oxazole rings is 1. The minimum atomic E-state index is -0.371. The molecule has 158 valence electrons. The summed E-state index contributed by atoms with van der Waals surface area (Å²) in [6, 6.07) is 3.77. The van der Waals surface area contributed by atoms with Crippen LogP contribution in [-0.2, 0) is 4.74 Å². The van der Waals surface area contributed by atoms with Gasteiger partial charge in [-0.3, -0.25) is 4.79 Å². The first-order valence-corrected chi connectivity index (χ1v) is 9.88. The Hall–Kier alpha value is -3.79. The number of nitrogen functional groups attached to an aromatic ring is 1. The fraction of sp³-hybridized carbons (Fsp3) is 0.286. The number of carbonyl (C=O) groups is 1. The number of fused-ring (bicyclic) bond motifs is 1. The Kier molecular flexibility index (Phi) is 4.63. The van der Waals surface area contributed by atoms with Gasteiger partial charge in [-0.1, -0.05) is 0 Å². The molecule has 0 aliphatic heterocycles. The molecule has 0 atom stereocenters. The number of anilines is 1. The second kappa shape index (κ2) is 7.47. The van der Waals surface area contributed by atoms with Crippen LogP contribution < -0.4 is 11.1 Å². The highest BCUT2D eigenvalue weighted by Gasteiger charge is 2.32. The van der Waals surface area contributed by atoms with Crippen molar-refractivity contribution in [1.29, 1.82) is 0 Å². The Morgan fingerprint density at radius 2 is 2.10 bits per heavy atom. The number of hydrogen-bond donors (Lipinski definition) is 2. The Morgan fingerprint density at radius 1 is 1.26 bits per heavy atom. The van der Waals surface area contributed by atoms with Crippen molar-refractivity contribution in [2.75, 3.05) is 12.8 Å². The van der Waals surface area contributed by atoms with Crippen LogP contribution in [0.15, 0.2) is 41.4 Å². The summed E-state index contributed by atoms with van der Waals surface area (Å²) in [6.07, 6.45) is 8.32. The van der Waals surface area contributed by atoms with E-state index in [4.69, 9.17) is 14.9 Å². The number of methoxy groups -OCH3 is 1. The number of nitrogens with two attached hydrogens (primary N) is 1. The third-order valence-corrected chi connectivity index (χ3v) is 5.50. The maximum absolute atomic E-state index is 12.9. The lowest BCUT2D eigenvalue weighted by atomic mass is 9.89. The Balaban J connectivity index is 1.58. The van der Waals surface area contributed by atoms with Gasteiger partial charge in [-0.25, -0.2) is 19.9 Å². The van der Waals surface area contributed by atoms with Crippen LogP contribution in [0.3, 0.4) is 0 Å². The molecule has 0 radical (unpaired) electrons. The molecular weight excluding hydrogens is 398 g/mol.